The van der Waals surface area contributed by atoms with E-state index in [0.717, 1.165) is 38.3 Å². The summed E-state index contributed by atoms with van der Waals surface area (Å²) in [5.74, 6) is 1.77. The molecule has 1 atom stereocenters. The molecule has 102 valence electrons. The Morgan fingerprint density at radius 2 is 2.17 bits per heavy atom. The summed E-state index contributed by atoms with van der Waals surface area (Å²) >= 11 is 0. The lowest BCUT2D eigenvalue weighted by Crippen LogP contribution is -2.40. The highest BCUT2D eigenvalue weighted by Crippen LogP contribution is 2.19. The predicted octanol–water partition coefficient (Wildman–Crippen LogP) is 0.257. The number of aliphatic hydroxyl groups is 2. The number of likely N-dealkylation sites (tertiary alicyclic amines) is 1. The first-order valence-electron chi connectivity index (χ1n) is 6.68. The summed E-state index contributed by atoms with van der Waals surface area (Å²) in [7, 11) is 0. The zero-order valence-electron chi connectivity index (χ0n) is 11.0. The smallest absolute Gasteiger partial charge is 0.105 e. The molecule has 0 aromatic carbocycles. The van der Waals surface area contributed by atoms with Crippen LogP contribution in [-0.2, 0) is 6.54 Å². The van der Waals surface area contributed by atoms with Gasteiger partial charge in [-0.2, -0.15) is 0 Å². The number of piperidine rings is 1. The maximum Gasteiger partial charge on any atom is 0.105 e. The van der Waals surface area contributed by atoms with Gasteiger partial charge in [-0.3, -0.25) is 0 Å². The van der Waals surface area contributed by atoms with Gasteiger partial charge in [0, 0.05) is 25.5 Å². The van der Waals surface area contributed by atoms with Crippen LogP contribution in [0.2, 0.25) is 0 Å². The Hall–Kier alpha value is -0.910. The lowest BCUT2D eigenvalue weighted by Gasteiger charge is -2.33. The van der Waals surface area contributed by atoms with Crippen molar-refractivity contribution in [3.63, 3.8) is 0 Å². The summed E-state index contributed by atoms with van der Waals surface area (Å²) in [6.45, 7) is 5.54. The van der Waals surface area contributed by atoms with E-state index in [9.17, 15) is 5.11 Å². The fraction of sp³-hybridized carbons (Fsp3) is 0.769. The van der Waals surface area contributed by atoms with Gasteiger partial charge in [-0.1, -0.05) is 0 Å². The molecule has 5 heteroatoms. The Labute approximate surface area is 108 Å². The molecule has 1 aromatic heterocycles. The van der Waals surface area contributed by atoms with Crippen LogP contribution in [0.4, 0.5) is 0 Å². The molecule has 2 N–H and O–H groups in total. The topological polar surface area (TPSA) is 61.5 Å². The van der Waals surface area contributed by atoms with Gasteiger partial charge in [-0.15, -0.1) is 0 Å². The van der Waals surface area contributed by atoms with Gasteiger partial charge in [0.15, 0.2) is 0 Å². The van der Waals surface area contributed by atoms with E-state index in [1.807, 2.05) is 19.3 Å². The lowest BCUT2D eigenvalue weighted by atomic mass is 9.96. The second kappa shape index (κ2) is 6.31. The normalized spacial score (nSPS) is 20.2. The monoisotopic (exact) mass is 253 g/mol. The maximum atomic E-state index is 9.42. The zero-order valence-corrected chi connectivity index (χ0v) is 11.0. The molecule has 0 aliphatic carbocycles. The van der Waals surface area contributed by atoms with Gasteiger partial charge >= 0.3 is 0 Å². The predicted molar refractivity (Wildman–Crippen MR) is 69.2 cm³/mol. The molecule has 5 nitrogen and oxygen atoms in total. The zero-order chi connectivity index (χ0) is 13.0. The highest BCUT2D eigenvalue weighted by Gasteiger charge is 2.21. The Morgan fingerprint density at radius 1 is 1.44 bits per heavy atom. The second-order valence-electron chi connectivity index (χ2n) is 5.21. The highest BCUT2D eigenvalue weighted by molar-refractivity contribution is 4.89. The van der Waals surface area contributed by atoms with Crippen molar-refractivity contribution in [1.29, 1.82) is 0 Å². The van der Waals surface area contributed by atoms with E-state index in [1.54, 1.807) is 0 Å². The highest BCUT2D eigenvalue weighted by atomic mass is 16.3. The summed E-state index contributed by atoms with van der Waals surface area (Å²) in [5, 5.41) is 18.2. The number of nitrogens with zero attached hydrogens (tertiary/aromatic N) is 3. The molecule has 2 heterocycles. The third-order valence-electron chi connectivity index (χ3n) is 3.77. The molecule has 1 aromatic rings. The number of β-amino-alcohol motifs (C(OH)–C–C–N with tert-alkyl or cyclic N) is 1. The Balaban J connectivity index is 1.75. The molecule has 1 saturated heterocycles. The van der Waals surface area contributed by atoms with E-state index in [0.29, 0.717) is 12.5 Å². The summed E-state index contributed by atoms with van der Waals surface area (Å²) in [6, 6.07) is 0. The molecule has 1 aliphatic rings. The van der Waals surface area contributed by atoms with Crippen LogP contribution < -0.4 is 0 Å². The van der Waals surface area contributed by atoms with Gasteiger partial charge in [0.2, 0.25) is 0 Å². The number of aliphatic hydroxyl groups excluding tert-OH is 2. The number of hydrogen-bond donors (Lipinski definition) is 2. The third kappa shape index (κ3) is 3.54. The van der Waals surface area contributed by atoms with Gasteiger partial charge in [0.05, 0.1) is 12.7 Å². The summed E-state index contributed by atoms with van der Waals surface area (Å²) < 4.78 is 2.21. The van der Waals surface area contributed by atoms with Crippen LogP contribution in [0.5, 0.6) is 0 Å². The second-order valence-corrected chi connectivity index (χ2v) is 5.21. The van der Waals surface area contributed by atoms with E-state index < -0.39 is 6.10 Å². The largest absolute Gasteiger partial charge is 0.394 e. The van der Waals surface area contributed by atoms with Crippen LogP contribution in [0.15, 0.2) is 12.4 Å². The van der Waals surface area contributed by atoms with Crippen LogP contribution in [-0.4, -0.2) is 57.0 Å². The van der Waals surface area contributed by atoms with E-state index in [1.165, 1.54) is 0 Å². The molecular formula is C13H23N3O2. The summed E-state index contributed by atoms with van der Waals surface area (Å²) in [4.78, 5) is 6.47. The standard InChI is InChI=1S/C13H23N3O2/c1-11-14-4-7-16(11)8-12-2-5-15(6-3-12)9-13(18)10-17/h4,7,12-13,17-18H,2-3,5-6,8-10H2,1H3. The summed E-state index contributed by atoms with van der Waals surface area (Å²) in [6.07, 6.45) is 5.59. The Morgan fingerprint density at radius 3 is 2.72 bits per heavy atom. The fourth-order valence-corrected chi connectivity index (χ4v) is 2.58. The fourth-order valence-electron chi connectivity index (χ4n) is 2.58. The van der Waals surface area contributed by atoms with Crippen molar-refractivity contribution >= 4 is 0 Å². The molecule has 0 bridgehead atoms. The molecule has 1 aliphatic heterocycles. The van der Waals surface area contributed by atoms with Gasteiger partial charge in [-0.05, 0) is 38.8 Å². The van der Waals surface area contributed by atoms with Crippen molar-refractivity contribution in [2.75, 3.05) is 26.2 Å². The molecule has 1 fully saturated rings. The van der Waals surface area contributed by atoms with Gasteiger partial charge in [-0.25, -0.2) is 4.98 Å². The number of hydrogen-bond acceptors (Lipinski definition) is 4. The molecule has 0 saturated carbocycles. The molecule has 0 radical (unpaired) electrons. The van der Waals surface area contributed by atoms with Crippen molar-refractivity contribution in [1.82, 2.24) is 14.5 Å². The molecule has 0 spiro atoms. The van der Waals surface area contributed by atoms with E-state index in [-0.39, 0.29) is 6.61 Å². The van der Waals surface area contributed by atoms with E-state index in [4.69, 9.17) is 5.11 Å². The SMILES string of the molecule is Cc1nccn1CC1CCN(CC(O)CO)CC1. The van der Waals surface area contributed by atoms with E-state index in [2.05, 4.69) is 14.5 Å². The van der Waals surface area contributed by atoms with Gasteiger partial charge in [0.1, 0.15) is 5.82 Å². The Bertz CT molecular complexity index is 359. The average molecular weight is 253 g/mol. The van der Waals surface area contributed by atoms with Gasteiger partial charge < -0.3 is 19.7 Å². The minimum absolute atomic E-state index is 0.145. The van der Waals surface area contributed by atoms with Gasteiger partial charge in [0.25, 0.3) is 0 Å². The average Bonchev–Trinajstić information content (AvgIpc) is 2.77. The molecule has 0 amide bonds. The van der Waals surface area contributed by atoms with Crippen molar-refractivity contribution in [3.05, 3.63) is 18.2 Å². The van der Waals surface area contributed by atoms with Crippen LogP contribution in [0.25, 0.3) is 0 Å². The van der Waals surface area contributed by atoms with Crippen LogP contribution >= 0.6 is 0 Å². The summed E-state index contributed by atoms with van der Waals surface area (Å²) in [5.41, 5.74) is 0. The van der Waals surface area contributed by atoms with Crippen molar-refractivity contribution in [2.24, 2.45) is 5.92 Å². The van der Waals surface area contributed by atoms with Crippen LogP contribution in [0.3, 0.4) is 0 Å². The Kier molecular flexibility index (Phi) is 4.74. The third-order valence-corrected chi connectivity index (χ3v) is 3.77. The number of aromatic nitrogens is 2. The van der Waals surface area contributed by atoms with Crippen molar-refractivity contribution in [3.8, 4) is 0 Å². The lowest BCUT2D eigenvalue weighted by molar-refractivity contribution is 0.0462. The maximum absolute atomic E-state index is 9.42. The quantitative estimate of drug-likeness (QED) is 0.790. The van der Waals surface area contributed by atoms with E-state index >= 15 is 0 Å². The molecule has 18 heavy (non-hydrogen) atoms. The molecule has 2 rings (SSSR count). The number of imidazole rings is 1. The number of aryl methyl sites for hydroxylation is 1. The van der Waals surface area contributed by atoms with Crippen LogP contribution in [0.1, 0.15) is 18.7 Å². The van der Waals surface area contributed by atoms with Crippen molar-refractivity contribution < 1.29 is 10.2 Å². The first-order chi connectivity index (χ1) is 8.69. The molecular weight excluding hydrogens is 230 g/mol. The first-order valence-corrected chi connectivity index (χ1v) is 6.68. The van der Waals surface area contributed by atoms with Crippen LogP contribution in [0, 0.1) is 12.8 Å². The minimum atomic E-state index is -0.600. The molecule has 1 unspecified atom stereocenters. The van der Waals surface area contributed by atoms with Crippen molar-refractivity contribution in [2.45, 2.75) is 32.4 Å². The minimum Gasteiger partial charge on any atom is -0.394 e. The number of rotatable bonds is 5. The first kappa shape index (κ1) is 13.5.